The number of halogens is 4. The molecule has 0 aliphatic heterocycles. The molecule has 2 atom stereocenters. The van der Waals surface area contributed by atoms with Gasteiger partial charge in [-0.15, -0.1) is 24.8 Å². The van der Waals surface area contributed by atoms with Gasteiger partial charge in [-0.05, 0) is 68.1 Å². The summed E-state index contributed by atoms with van der Waals surface area (Å²) in [6.45, 7) is 0.756. The van der Waals surface area contributed by atoms with E-state index in [9.17, 15) is 13.6 Å². The number of nitrogens with two attached hydrogens (primary N) is 2. The number of hydrogen-bond acceptors (Lipinski definition) is 4. The lowest BCUT2D eigenvalue weighted by atomic mass is 9.87. The van der Waals surface area contributed by atoms with Gasteiger partial charge < -0.3 is 26.3 Å². The molecule has 0 saturated carbocycles. The van der Waals surface area contributed by atoms with E-state index in [-0.39, 0.29) is 43.3 Å². The Morgan fingerprint density at radius 3 is 2.80 bits per heavy atom. The highest BCUT2D eigenvalue weighted by atomic mass is 35.5. The van der Waals surface area contributed by atoms with Gasteiger partial charge in [-0.1, -0.05) is 0 Å². The molecule has 0 fully saturated rings. The highest BCUT2D eigenvalue weighted by Gasteiger charge is 2.25. The number of carbonyl (C=O) groups is 1. The summed E-state index contributed by atoms with van der Waals surface area (Å²) in [5.41, 5.74) is 13.3. The van der Waals surface area contributed by atoms with E-state index in [0.29, 0.717) is 54.5 Å². The number of nitrogens with zero attached hydrogens (tertiary/aromatic N) is 1. The van der Waals surface area contributed by atoms with E-state index in [2.05, 4.69) is 10.3 Å². The molecule has 6 N–H and O–H groups in total. The number of nitrogens with one attached hydrogen (secondary N) is 2. The fourth-order valence-corrected chi connectivity index (χ4v) is 4.06. The Morgan fingerprint density at radius 2 is 2.10 bits per heavy atom. The molecule has 30 heavy (non-hydrogen) atoms. The molecule has 0 radical (unpaired) electrons. The Morgan fingerprint density at radius 1 is 1.37 bits per heavy atom. The zero-order valence-corrected chi connectivity index (χ0v) is 18.8. The summed E-state index contributed by atoms with van der Waals surface area (Å²) in [5.74, 6) is -1.32. The van der Waals surface area contributed by atoms with Crippen LogP contribution in [0.2, 0.25) is 0 Å². The predicted octanol–water partition coefficient (Wildman–Crippen LogP) is 3.08. The van der Waals surface area contributed by atoms with Crippen molar-refractivity contribution in [1.29, 1.82) is 0 Å². The van der Waals surface area contributed by atoms with Crippen molar-refractivity contribution in [2.24, 2.45) is 11.5 Å². The average molecular weight is 482 g/mol. The second-order valence-corrected chi connectivity index (χ2v) is 7.52. The summed E-state index contributed by atoms with van der Waals surface area (Å²) < 4.78 is 30.0. The first-order valence-electron chi connectivity index (χ1n) is 9.39. The fraction of sp³-hybridized carbons (Fsp3) is 0.474. The van der Waals surface area contributed by atoms with Gasteiger partial charge in [0.15, 0.2) is 4.77 Å². The maximum Gasteiger partial charge on any atom is 0.237 e. The highest BCUT2D eigenvalue weighted by molar-refractivity contribution is 7.71. The number of aromatic nitrogens is 2. The quantitative estimate of drug-likeness (QED) is 0.456. The summed E-state index contributed by atoms with van der Waals surface area (Å²) >= 11 is 5.40. The van der Waals surface area contributed by atoms with Crippen LogP contribution in [0.15, 0.2) is 18.3 Å². The first kappa shape index (κ1) is 26.5. The molecule has 11 heteroatoms. The van der Waals surface area contributed by atoms with Crippen molar-refractivity contribution < 1.29 is 13.6 Å². The van der Waals surface area contributed by atoms with Crippen LogP contribution in [0, 0.1) is 16.4 Å². The second kappa shape index (κ2) is 11.8. The largest absolute Gasteiger partial charge is 0.349 e. The lowest BCUT2D eigenvalue weighted by Crippen LogP contribution is -2.40. The van der Waals surface area contributed by atoms with Crippen molar-refractivity contribution in [3.8, 4) is 0 Å². The minimum atomic E-state index is -0.605. The van der Waals surface area contributed by atoms with Crippen LogP contribution in [0.1, 0.15) is 42.1 Å². The Kier molecular flexibility index (Phi) is 10.4. The molecule has 3 rings (SSSR count). The van der Waals surface area contributed by atoms with E-state index in [1.165, 1.54) is 6.07 Å². The van der Waals surface area contributed by atoms with E-state index >= 15 is 0 Å². The molecular formula is C19H27Cl2F2N5OS. The number of imidazole rings is 1. The Hall–Kier alpha value is -1.52. The van der Waals surface area contributed by atoms with Gasteiger partial charge in [0.1, 0.15) is 11.6 Å². The average Bonchev–Trinajstić information content (AvgIpc) is 3.03. The van der Waals surface area contributed by atoms with Crippen molar-refractivity contribution in [1.82, 2.24) is 14.9 Å². The van der Waals surface area contributed by atoms with Crippen LogP contribution in [-0.4, -0.2) is 28.0 Å². The number of amides is 1. The second-order valence-electron chi connectivity index (χ2n) is 7.13. The zero-order valence-electron chi connectivity index (χ0n) is 16.3. The normalized spacial score (nSPS) is 16.1. The standard InChI is InChI=1S/C19H25F2N5OS.2ClH/c20-12-6-11-7-13(3-4-15(11)16(21)8-12)26-14(10-25-19(26)28)9-24-18(27)17(23)2-1-5-22;;/h6,8,10,13,17H,1-5,7,9,22-23H2,(H,24,27)(H,25,28);2*1H/t13-,17-;;/m0../s1. The molecule has 0 unspecified atom stereocenters. The van der Waals surface area contributed by atoms with E-state index in [1.54, 1.807) is 6.20 Å². The maximum atomic E-state index is 14.0. The highest BCUT2D eigenvalue weighted by Crippen LogP contribution is 2.32. The van der Waals surface area contributed by atoms with E-state index in [4.69, 9.17) is 23.7 Å². The number of hydrogen-bond donors (Lipinski definition) is 4. The van der Waals surface area contributed by atoms with Crippen LogP contribution in [0.3, 0.4) is 0 Å². The topological polar surface area (TPSA) is 102 Å². The predicted molar refractivity (Wildman–Crippen MR) is 120 cm³/mol. The third kappa shape index (κ3) is 6.01. The number of fused-ring (bicyclic) bond motifs is 1. The van der Waals surface area contributed by atoms with Gasteiger partial charge in [0, 0.05) is 18.3 Å². The lowest BCUT2D eigenvalue weighted by Gasteiger charge is -2.27. The third-order valence-electron chi connectivity index (χ3n) is 5.19. The summed E-state index contributed by atoms with van der Waals surface area (Å²) in [4.78, 5) is 15.1. The van der Waals surface area contributed by atoms with Gasteiger partial charge in [-0.3, -0.25) is 4.79 Å². The molecule has 168 valence electrons. The van der Waals surface area contributed by atoms with Gasteiger partial charge in [0.2, 0.25) is 5.91 Å². The fourth-order valence-electron chi connectivity index (χ4n) is 3.73. The van der Waals surface area contributed by atoms with Crippen LogP contribution in [0.5, 0.6) is 0 Å². The first-order valence-corrected chi connectivity index (χ1v) is 9.80. The maximum absolute atomic E-state index is 14.0. The molecule has 0 spiro atoms. The number of aromatic amines is 1. The molecule has 1 amide bonds. The summed E-state index contributed by atoms with van der Waals surface area (Å²) in [5, 5.41) is 2.83. The molecule has 1 aromatic heterocycles. The molecule has 0 saturated heterocycles. The Bertz CT molecular complexity index is 921. The molecule has 1 heterocycles. The molecule has 2 aromatic rings. The summed E-state index contributed by atoms with van der Waals surface area (Å²) in [6.07, 6.45) is 4.62. The number of H-pyrrole nitrogens is 1. The first-order chi connectivity index (χ1) is 13.4. The zero-order chi connectivity index (χ0) is 20.3. The van der Waals surface area contributed by atoms with Crippen molar-refractivity contribution in [3.63, 3.8) is 0 Å². The monoisotopic (exact) mass is 481 g/mol. The number of carbonyl (C=O) groups excluding carboxylic acids is 1. The van der Waals surface area contributed by atoms with Crippen LogP contribution in [0.25, 0.3) is 0 Å². The van der Waals surface area contributed by atoms with Gasteiger partial charge in [0.05, 0.1) is 18.3 Å². The van der Waals surface area contributed by atoms with Crippen LogP contribution in [0.4, 0.5) is 8.78 Å². The van der Waals surface area contributed by atoms with Crippen LogP contribution in [-0.2, 0) is 24.2 Å². The Balaban J connectivity index is 0.00000225. The lowest BCUT2D eigenvalue weighted by molar-refractivity contribution is -0.122. The summed E-state index contributed by atoms with van der Waals surface area (Å²) in [6, 6.07) is 1.67. The van der Waals surface area contributed by atoms with Gasteiger partial charge in [-0.2, -0.15) is 0 Å². The van der Waals surface area contributed by atoms with Crippen molar-refractivity contribution in [3.05, 3.63) is 51.6 Å². The van der Waals surface area contributed by atoms with Crippen molar-refractivity contribution >= 4 is 42.9 Å². The van der Waals surface area contributed by atoms with E-state index < -0.39 is 17.7 Å². The Labute approximate surface area is 191 Å². The molecular weight excluding hydrogens is 455 g/mol. The molecule has 1 aliphatic carbocycles. The van der Waals surface area contributed by atoms with Crippen molar-refractivity contribution in [2.45, 2.75) is 50.7 Å². The molecule has 0 bridgehead atoms. The molecule has 1 aromatic carbocycles. The minimum absolute atomic E-state index is 0. The molecule has 1 aliphatic rings. The smallest absolute Gasteiger partial charge is 0.237 e. The van der Waals surface area contributed by atoms with Gasteiger partial charge in [0.25, 0.3) is 0 Å². The van der Waals surface area contributed by atoms with Crippen molar-refractivity contribution in [2.75, 3.05) is 6.54 Å². The summed E-state index contributed by atoms with van der Waals surface area (Å²) in [7, 11) is 0. The van der Waals surface area contributed by atoms with E-state index in [1.807, 2.05) is 4.57 Å². The van der Waals surface area contributed by atoms with Gasteiger partial charge >= 0.3 is 0 Å². The number of benzene rings is 1. The SMILES string of the molecule is Cl.Cl.NCCC[C@H](N)C(=O)NCc1c[nH]c(=S)n1[C@H]1CCc2c(F)cc(F)cc2C1. The van der Waals surface area contributed by atoms with Gasteiger partial charge in [-0.25, -0.2) is 8.78 Å². The molecule has 6 nitrogen and oxygen atoms in total. The number of rotatable bonds is 7. The third-order valence-corrected chi connectivity index (χ3v) is 5.51. The van der Waals surface area contributed by atoms with Crippen LogP contribution >= 0.6 is 37.0 Å². The minimum Gasteiger partial charge on any atom is -0.349 e. The van der Waals surface area contributed by atoms with Crippen LogP contribution < -0.4 is 16.8 Å². The van der Waals surface area contributed by atoms with E-state index in [0.717, 1.165) is 11.8 Å².